The number of hydrogen-bond donors (Lipinski definition) is 2. The predicted octanol–water partition coefficient (Wildman–Crippen LogP) is 2.09. The third kappa shape index (κ3) is 8.17. The molecule has 0 aromatic heterocycles. The molecule has 1 aromatic carbocycles. The molecule has 0 saturated carbocycles. The summed E-state index contributed by atoms with van der Waals surface area (Å²) >= 11 is 0. The first-order valence-corrected chi connectivity index (χ1v) is 13.3. The molecule has 2 heterocycles. The maximum atomic E-state index is 13.1. The van der Waals surface area contributed by atoms with Crippen LogP contribution in [0, 0.1) is 0 Å². The zero-order valence-electron chi connectivity index (χ0n) is 21.9. The Hall–Kier alpha value is -3.15. The normalized spacial score (nSPS) is 17.1. The summed E-state index contributed by atoms with van der Waals surface area (Å²) in [5.41, 5.74) is 0.670. The van der Waals surface area contributed by atoms with Gasteiger partial charge in [-0.25, -0.2) is 0 Å². The Kier molecular flexibility index (Phi) is 11.8. The molecule has 0 aliphatic carbocycles. The molecule has 1 fully saturated rings. The molecule has 1 saturated heterocycles. The van der Waals surface area contributed by atoms with Gasteiger partial charge in [0.05, 0.1) is 44.1 Å². The Balaban J connectivity index is 1.34. The quantitative estimate of drug-likeness (QED) is 0.215. The standard InChI is InChI=1S/C27H37N3O8/c1-2-3-12-36-14-16-38-17-15-37-13-5-4-7-19(31)18-28-21-9-6-8-20-24(21)27(35)30(26(20)34)22-10-11-23(32)29-25(22)33/h6,8-9,22,28H,2-5,7,10-18H2,1H3,(H,29,32,33). The van der Waals surface area contributed by atoms with E-state index >= 15 is 0 Å². The van der Waals surface area contributed by atoms with Crippen LogP contribution in [0.3, 0.4) is 0 Å². The molecule has 4 amide bonds. The minimum atomic E-state index is -1.03. The van der Waals surface area contributed by atoms with Crippen molar-refractivity contribution in [3.05, 3.63) is 29.3 Å². The number of unbranched alkanes of at least 4 members (excludes halogenated alkanes) is 2. The van der Waals surface area contributed by atoms with Gasteiger partial charge in [-0.1, -0.05) is 19.4 Å². The van der Waals surface area contributed by atoms with Crippen molar-refractivity contribution in [3.8, 4) is 0 Å². The number of ether oxygens (including phenoxy) is 3. The number of imide groups is 2. The number of nitrogens with one attached hydrogen (secondary N) is 2. The van der Waals surface area contributed by atoms with E-state index in [1.807, 2.05) is 0 Å². The van der Waals surface area contributed by atoms with Crippen LogP contribution in [0.4, 0.5) is 5.69 Å². The van der Waals surface area contributed by atoms with Gasteiger partial charge >= 0.3 is 0 Å². The molecule has 0 bridgehead atoms. The van der Waals surface area contributed by atoms with Gasteiger partial charge in [-0.3, -0.25) is 34.2 Å². The van der Waals surface area contributed by atoms with E-state index in [2.05, 4.69) is 17.6 Å². The second-order valence-corrected chi connectivity index (χ2v) is 9.22. The molecule has 11 nitrogen and oxygen atoms in total. The summed E-state index contributed by atoms with van der Waals surface area (Å²) in [5.74, 6) is -2.32. The van der Waals surface area contributed by atoms with Gasteiger partial charge in [-0.2, -0.15) is 0 Å². The Morgan fingerprint density at radius 3 is 2.32 bits per heavy atom. The van der Waals surface area contributed by atoms with Gasteiger partial charge in [0.15, 0.2) is 5.78 Å². The third-order valence-electron chi connectivity index (χ3n) is 6.32. The first kappa shape index (κ1) is 29.4. The van der Waals surface area contributed by atoms with E-state index in [0.29, 0.717) is 51.6 Å². The van der Waals surface area contributed by atoms with Crippen LogP contribution >= 0.6 is 0 Å². The van der Waals surface area contributed by atoms with Crippen molar-refractivity contribution in [3.63, 3.8) is 0 Å². The molecule has 1 aromatic rings. The molecule has 2 aliphatic rings. The lowest BCUT2D eigenvalue weighted by atomic mass is 10.0. The predicted molar refractivity (Wildman–Crippen MR) is 138 cm³/mol. The van der Waals surface area contributed by atoms with E-state index in [0.717, 1.165) is 30.8 Å². The average Bonchev–Trinajstić information content (AvgIpc) is 3.15. The summed E-state index contributed by atoms with van der Waals surface area (Å²) in [4.78, 5) is 63.0. The van der Waals surface area contributed by atoms with Crippen LogP contribution in [0.1, 0.15) is 72.6 Å². The van der Waals surface area contributed by atoms with Crippen LogP contribution in [0.15, 0.2) is 18.2 Å². The number of nitrogens with zero attached hydrogens (tertiary/aromatic N) is 1. The summed E-state index contributed by atoms with van der Waals surface area (Å²) in [6, 6.07) is 3.72. The van der Waals surface area contributed by atoms with Crippen LogP contribution < -0.4 is 10.6 Å². The van der Waals surface area contributed by atoms with Crippen LogP contribution in [0.25, 0.3) is 0 Å². The van der Waals surface area contributed by atoms with Crippen molar-refractivity contribution in [1.29, 1.82) is 0 Å². The Labute approximate surface area is 222 Å². The molecule has 2 N–H and O–H groups in total. The highest BCUT2D eigenvalue weighted by Gasteiger charge is 2.45. The number of hydrogen-bond acceptors (Lipinski definition) is 9. The van der Waals surface area contributed by atoms with Gasteiger partial charge in [-0.15, -0.1) is 0 Å². The fourth-order valence-corrected chi connectivity index (χ4v) is 4.26. The third-order valence-corrected chi connectivity index (χ3v) is 6.32. The van der Waals surface area contributed by atoms with Gasteiger partial charge in [-0.05, 0) is 37.8 Å². The SMILES string of the molecule is CCCCOCCOCCOCCCCC(=O)CNc1cccc2c1C(=O)N(C1CCC(=O)NC1=O)C2=O. The molecule has 11 heteroatoms. The zero-order chi connectivity index (χ0) is 27.3. The van der Waals surface area contributed by atoms with Crippen LogP contribution in [-0.4, -0.2) is 86.5 Å². The first-order chi connectivity index (χ1) is 18.4. The molecule has 38 heavy (non-hydrogen) atoms. The summed E-state index contributed by atoms with van der Waals surface area (Å²) in [7, 11) is 0. The molecule has 1 atom stereocenters. The number of fused-ring (bicyclic) bond motifs is 1. The number of anilines is 1. The van der Waals surface area contributed by atoms with Crippen molar-refractivity contribution in [2.24, 2.45) is 0 Å². The first-order valence-electron chi connectivity index (χ1n) is 13.3. The maximum Gasteiger partial charge on any atom is 0.264 e. The Morgan fingerprint density at radius 2 is 1.63 bits per heavy atom. The molecule has 3 rings (SSSR count). The van der Waals surface area contributed by atoms with E-state index in [1.54, 1.807) is 12.1 Å². The number of rotatable bonds is 18. The van der Waals surface area contributed by atoms with Gasteiger partial charge in [0.2, 0.25) is 11.8 Å². The smallest absolute Gasteiger partial charge is 0.264 e. The Morgan fingerprint density at radius 1 is 0.947 bits per heavy atom. The van der Waals surface area contributed by atoms with Crippen LogP contribution in [0.5, 0.6) is 0 Å². The Bertz CT molecular complexity index is 1010. The van der Waals surface area contributed by atoms with E-state index < -0.39 is 29.7 Å². The van der Waals surface area contributed by atoms with Gasteiger partial charge < -0.3 is 19.5 Å². The molecular formula is C27H37N3O8. The highest BCUT2D eigenvalue weighted by Crippen LogP contribution is 2.32. The fourth-order valence-electron chi connectivity index (χ4n) is 4.26. The molecule has 1 unspecified atom stereocenters. The lowest BCUT2D eigenvalue weighted by Crippen LogP contribution is -2.54. The topological polar surface area (TPSA) is 140 Å². The number of amides is 4. The number of Topliss-reactive ketones (excluding diaryl/α,β-unsaturated/α-hetero) is 1. The zero-order valence-corrected chi connectivity index (χ0v) is 21.9. The molecule has 2 aliphatic heterocycles. The van der Waals surface area contributed by atoms with E-state index in [1.165, 1.54) is 6.07 Å². The highest BCUT2D eigenvalue weighted by atomic mass is 16.5. The number of carbonyl (C=O) groups is 5. The van der Waals surface area contributed by atoms with E-state index in [4.69, 9.17) is 14.2 Å². The van der Waals surface area contributed by atoms with E-state index in [9.17, 15) is 24.0 Å². The summed E-state index contributed by atoms with van der Waals surface area (Å²) < 4.78 is 16.4. The number of carbonyl (C=O) groups excluding carboxylic acids is 5. The summed E-state index contributed by atoms with van der Waals surface area (Å²) in [6.07, 6.45) is 4.07. The average molecular weight is 532 g/mol. The minimum absolute atomic E-state index is 0.00532. The molecule has 0 spiro atoms. The lowest BCUT2D eigenvalue weighted by molar-refractivity contribution is -0.136. The largest absolute Gasteiger partial charge is 0.379 e. The van der Waals surface area contributed by atoms with E-state index in [-0.39, 0.29) is 36.3 Å². The monoisotopic (exact) mass is 531 g/mol. The van der Waals surface area contributed by atoms with Gasteiger partial charge in [0.25, 0.3) is 11.8 Å². The van der Waals surface area contributed by atoms with Crippen molar-refractivity contribution in [1.82, 2.24) is 10.2 Å². The number of piperidine rings is 1. The van der Waals surface area contributed by atoms with Crippen molar-refractivity contribution < 1.29 is 38.2 Å². The second kappa shape index (κ2) is 15.3. The number of benzene rings is 1. The van der Waals surface area contributed by atoms with Crippen LogP contribution in [0.2, 0.25) is 0 Å². The van der Waals surface area contributed by atoms with Gasteiger partial charge in [0.1, 0.15) is 6.04 Å². The summed E-state index contributed by atoms with van der Waals surface area (Å²) in [5, 5.41) is 5.15. The molecule has 0 radical (unpaired) electrons. The van der Waals surface area contributed by atoms with Crippen molar-refractivity contribution in [2.45, 2.75) is 57.9 Å². The number of ketones is 1. The maximum absolute atomic E-state index is 13.1. The van der Waals surface area contributed by atoms with Crippen molar-refractivity contribution >= 4 is 35.1 Å². The van der Waals surface area contributed by atoms with Gasteiger partial charge in [0, 0.05) is 31.7 Å². The van der Waals surface area contributed by atoms with Crippen LogP contribution in [-0.2, 0) is 28.6 Å². The second-order valence-electron chi connectivity index (χ2n) is 9.22. The molecular weight excluding hydrogens is 494 g/mol. The lowest BCUT2D eigenvalue weighted by Gasteiger charge is -2.27. The molecule has 208 valence electrons. The summed E-state index contributed by atoms with van der Waals surface area (Å²) in [6.45, 7) is 5.56. The van der Waals surface area contributed by atoms with Crippen molar-refractivity contribution in [2.75, 3.05) is 51.5 Å². The fraction of sp³-hybridized carbons (Fsp3) is 0.593. The highest BCUT2D eigenvalue weighted by molar-refractivity contribution is 6.25. The minimum Gasteiger partial charge on any atom is -0.379 e.